The molecule has 0 aliphatic heterocycles. The Morgan fingerprint density at radius 1 is 0.659 bits per heavy atom. The van der Waals surface area contributed by atoms with Crippen molar-refractivity contribution in [1.82, 2.24) is 0 Å². The van der Waals surface area contributed by atoms with Gasteiger partial charge in [0.05, 0.1) is 0 Å². The zero-order chi connectivity index (χ0) is 31.6. The average Bonchev–Trinajstić information content (AvgIpc) is 3.06. The number of aryl methyl sites for hydroxylation is 3. The zero-order valence-corrected chi connectivity index (χ0v) is 29.1. The van der Waals surface area contributed by atoms with Crippen molar-refractivity contribution in [2.75, 3.05) is 6.54 Å². The van der Waals surface area contributed by atoms with Crippen molar-refractivity contribution in [3.63, 3.8) is 0 Å². The van der Waals surface area contributed by atoms with Crippen molar-refractivity contribution >= 4 is 11.8 Å². The summed E-state index contributed by atoms with van der Waals surface area (Å²) in [4.78, 5) is 0. The minimum absolute atomic E-state index is 0.847. The lowest BCUT2D eigenvalue weighted by Crippen LogP contribution is -2.08. The maximum Gasteiger partial charge on any atom is 0.208 e. The average molecular weight is 594 g/mol. The lowest BCUT2D eigenvalue weighted by atomic mass is 9.90. The molecule has 0 saturated carbocycles. The van der Waals surface area contributed by atoms with Crippen LogP contribution in [0.25, 0.3) is 17.2 Å². The van der Waals surface area contributed by atoms with Gasteiger partial charge in [0.15, 0.2) is 6.54 Å². The van der Waals surface area contributed by atoms with E-state index in [0.29, 0.717) is 0 Å². The Labute approximate surface area is 270 Å². The van der Waals surface area contributed by atoms with Crippen molar-refractivity contribution < 1.29 is 4.70 Å². The van der Waals surface area contributed by atoms with Crippen LogP contribution in [0.1, 0.15) is 140 Å². The van der Waals surface area contributed by atoms with E-state index in [1.165, 1.54) is 109 Å². The van der Waals surface area contributed by atoms with Crippen LogP contribution in [0.4, 0.5) is 5.69 Å². The lowest BCUT2D eigenvalue weighted by Gasteiger charge is -2.16. The minimum atomic E-state index is 0.847. The third kappa shape index (κ3) is 11.2. The SMILES string of the molecule is CCCCCCCCc1c(CC)cc(N=[N+](CC)C(=Cc2cc(CCCC)cc(CCCC)c2)CC)cc1-c1ccccc1. The predicted molar refractivity (Wildman–Crippen MR) is 193 cm³/mol. The van der Waals surface area contributed by atoms with Crippen LogP contribution < -0.4 is 0 Å². The Morgan fingerprint density at radius 3 is 1.89 bits per heavy atom. The zero-order valence-electron chi connectivity index (χ0n) is 29.1. The van der Waals surface area contributed by atoms with E-state index in [9.17, 15) is 0 Å². The van der Waals surface area contributed by atoms with Gasteiger partial charge in [0, 0.05) is 12.5 Å². The normalized spacial score (nSPS) is 12.2. The number of nitrogens with zero attached hydrogens (tertiary/aromatic N) is 2. The Bertz CT molecular complexity index is 1290. The molecule has 0 atom stereocenters. The maximum absolute atomic E-state index is 5.32. The highest BCUT2D eigenvalue weighted by Crippen LogP contribution is 2.34. The summed E-state index contributed by atoms with van der Waals surface area (Å²) < 4.78 is 2.24. The second-order valence-electron chi connectivity index (χ2n) is 12.5. The third-order valence-electron chi connectivity index (χ3n) is 8.85. The van der Waals surface area contributed by atoms with Crippen molar-refractivity contribution in [2.24, 2.45) is 5.11 Å². The first-order valence-corrected chi connectivity index (χ1v) is 18.1. The predicted octanol–water partition coefficient (Wildman–Crippen LogP) is 13.1. The van der Waals surface area contributed by atoms with Gasteiger partial charge in [-0.05, 0) is 108 Å². The quantitative estimate of drug-likeness (QED) is 0.0703. The van der Waals surface area contributed by atoms with Crippen LogP contribution in [0, 0.1) is 0 Å². The van der Waals surface area contributed by atoms with Crippen LogP contribution in [0.2, 0.25) is 0 Å². The van der Waals surface area contributed by atoms with Gasteiger partial charge < -0.3 is 0 Å². The molecule has 0 saturated heterocycles. The molecule has 3 aromatic carbocycles. The van der Waals surface area contributed by atoms with Crippen molar-refractivity contribution in [1.29, 1.82) is 0 Å². The first-order chi connectivity index (χ1) is 21.6. The van der Waals surface area contributed by atoms with Gasteiger partial charge in [-0.1, -0.05) is 133 Å². The fraction of sp³-hybridized carbons (Fsp3) is 0.524. The Morgan fingerprint density at radius 2 is 1.30 bits per heavy atom. The van der Waals surface area contributed by atoms with E-state index in [4.69, 9.17) is 5.11 Å². The van der Waals surface area contributed by atoms with Crippen molar-refractivity contribution in [2.45, 2.75) is 138 Å². The summed E-state index contributed by atoms with van der Waals surface area (Å²) in [5, 5.41) is 5.32. The van der Waals surface area contributed by atoms with Gasteiger partial charge in [0.2, 0.25) is 5.70 Å². The Hall–Kier alpha value is -3.00. The molecule has 0 unspecified atom stereocenters. The summed E-state index contributed by atoms with van der Waals surface area (Å²) in [7, 11) is 0. The van der Waals surface area contributed by atoms with Crippen LogP contribution in [0.3, 0.4) is 0 Å². The Kier molecular flexibility index (Phi) is 16.2. The first-order valence-electron chi connectivity index (χ1n) is 18.1. The number of rotatable bonds is 20. The standard InChI is InChI=1S/C42H61N2/c1-7-13-16-17-18-22-27-41-37(10-4)32-39(33-42(41)38-25-20-19-21-26-38)43-44(12-6)40(11-5)31-36-29-34(23-14-8-2)28-35(30-36)24-15-9-3/h19-21,25-26,28-33H,7-18,22-24,27H2,1-6H3/q+1. The number of hydrogen-bond donors (Lipinski definition) is 0. The minimum Gasteiger partial charge on any atom is -0.0882 e. The molecule has 0 fully saturated rings. The van der Waals surface area contributed by atoms with Gasteiger partial charge >= 0.3 is 0 Å². The molecule has 2 nitrogen and oxygen atoms in total. The second kappa shape index (κ2) is 20.1. The van der Waals surface area contributed by atoms with Crippen LogP contribution in [0.15, 0.2) is 71.5 Å². The van der Waals surface area contributed by atoms with Gasteiger partial charge in [-0.15, -0.1) is 0 Å². The Balaban J connectivity index is 2.01. The van der Waals surface area contributed by atoms with E-state index >= 15 is 0 Å². The molecule has 2 heteroatoms. The van der Waals surface area contributed by atoms with E-state index in [2.05, 4.69) is 113 Å². The number of unbranched alkanes of at least 4 members (excludes halogenated alkanes) is 7. The van der Waals surface area contributed by atoms with E-state index in [0.717, 1.165) is 44.3 Å². The molecule has 0 bridgehead atoms. The molecule has 0 N–H and O–H groups in total. The number of azo groups is 2. The smallest absolute Gasteiger partial charge is 0.0882 e. The van der Waals surface area contributed by atoms with E-state index in [1.54, 1.807) is 0 Å². The van der Waals surface area contributed by atoms with Gasteiger partial charge in [-0.25, -0.2) is 0 Å². The summed E-state index contributed by atoms with van der Waals surface area (Å²) >= 11 is 0. The van der Waals surface area contributed by atoms with Crippen LogP contribution in [-0.2, 0) is 25.7 Å². The summed E-state index contributed by atoms with van der Waals surface area (Å²) in [6, 6.07) is 23.0. The summed E-state index contributed by atoms with van der Waals surface area (Å²) in [6.45, 7) is 14.5. The van der Waals surface area contributed by atoms with Crippen molar-refractivity contribution in [3.05, 3.63) is 94.2 Å². The monoisotopic (exact) mass is 593 g/mol. The molecule has 0 heterocycles. The molecule has 3 aromatic rings. The highest BCUT2D eigenvalue weighted by molar-refractivity contribution is 5.72. The van der Waals surface area contributed by atoms with E-state index in [-0.39, 0.29) is 0 Å². The molecular weight excluding hydrogens is 532 g/mol. The van der Waals surface area contributed by atoms with Gasteiger partial charge in [-0.2, -0.15) is 0 Å². The summed E-state index contributed by atoms with van der Waals surface area (Å²) in [6.07, 6.45) is 20.7. The van der Waals surface area contributed by atoms with Crippen molar-refractivity contribution in [3.8, 4) is 11.1 Å². The van der Waals surface area contributed by atoms with Gasteiger partial charge in [0.25, 0.3) is 0 Å². The fourth-order valence-corrected chi connectivity index (χ4v) is 6.30. The fourth-order valence-electron chi connectivity index (χ4n) is 6.30. The maximum atomic E-state index is 5.32. The molecule has 0 aromatic heterocycles. The first kappa shape index (κ1) is 35.5. The summed E-state index contributed by atoms with van der Waals surface area (Å²) in [5.41, 5.74) is 12.2. The van der Waals surface area contributed by atoms with E-state index < -0.39 is 0 Å². The second-order valence-corrected chi connectivity index (χ2v) is 12.5. The molecule has 238 valence electrons. The van der Waals surface area contributed by atoms with Gasteiger partial charge in [-0.3, -0.25) is 0 Å². The van der Waals surface area contributed by atoms with Crippen LogP contribution >= 0.6 is 0 Å². The molecule has 0 amide bonds. The highest BCUT2D eigenvalue weighted by Gasteiger charge is 2.17. The number of hydrogen-bond acceptors (Lipinski definition) is 1. The number of allylic oxidation sites excluding steroid dienone is 1. The largest absolute Gasteiger partial charge is 0.208 e. The highest BCUT2D eigenvalue weighted by atomic mass is 15.3. The molecule has 0 aliphatic carbocycles. The summed E-state index contributed by atoms with van der Waals surface area (Å²) in [5.74, 6) is 0. The molecule has 0 radical (unpaired) electrons. The number of benzene rings is 3. The van der Waals surface area contributed by atoms with Crippen LogP contribution in [0.5, 0.6) is 0 Å². The molecule has 0 spiro atoms. The molecular formula is C42H61N2+. The molecule has 44 heavy (non-hydrogen) atoms. The third-order valence-corrected chi connectivity index (χ3v) is 8.85. The lowest BCUT2D eigenvalue weighted by molar-refractivity contribution is -0.539. The van der Waals surface area contributed by atoms with E-state index in [1.807, 2.05) is 0 Å². The topological polar surface area (TPSA) is 15.4 Å². The molecule has 3 rings (SSSR count). The van der Waals surface area contributed by atoms with Crippen LogP contribution in [-0.4, -0.2) is 11.2 Å². The van der Waals surface area contributed by atoms with Gasteiger partial charge in [0.1, 0.15) is 5.69 Å². The molecule has 0 aliphatic rings.